The summed E-state index contributed by atoms with van der Waals surface area (Å²) in [4.78, 5) is 41.6. The summed E-state index contributed by atoms with van der Waals surface area (Å²) in [5.74, 6) is -0.785. The molecule has 4 rings (SSSR count). The highest BCUT2D eigenvalue weighted by molar-refractivity contribution is 6.10. The SMILES string of the molecule is Cc1cccc(OC[C@H]2CCCN(C(=O)C[C@]3(c4ccccc4F)CC(=O)N(C)C3=O)C2)c1. The Kier molecular flexibility index (Phi) is 6.49. The Hall–Kier alpha value is -3.22. The van der Waals surface area contributed by atoms with Gasteiger partial charge in [0.1, 0.15) is 11.6 Å². The molecule has 0 saturated carbocycles. The lowest BCUT2D eigenvalue weighted by molar-refractivity contribution is -0.142. The maximum Gasteiger partial charge on any atom is 0.240 e. The summed E-state index contributed by atoms with van der Waals surface area (Å²) >= 11 is 0. The van der Waals surface area contributed by atoms with E-state index in [0.717, 1.165) is 29.1 Å². The first-order chi connectivity index (χ1) is 15.8. The molecule has 2 aromatic rings. The second-order valence-corrected chi connectivity index (χ2v) is 9.15. The monoisotopic (exact) mass is 452 g/mol. The normalized spacial score (nSPS) is 23.2. The van der Waals surface area contributed by atoms with Gasteiger partial charge in [0.2, 0.25) is 17.7 Å². The van der Waals surface area contributed by atoms with E-state index in [0.29, 0.717) is 19.7 Å². The molecule has 2 aromatic carbocycles. The minimum Gasteiger partial charge on any atom is -0.493 e. The summed E-state index contributed by atoms with van der Waals surface area (Å²) in [6.45, 7) is 3.58. The molecular weight excluding hydrogens is 423 g/mol. The highest BCUT2D eigenvalue weighted by atomic mass is 19.1. The third-order valence-electron chi connectivity index (χ3n) is 6.73. The fraction of sp³-hybridized carbons (Fsp3) is 0.423. The Morgan fingerprint density at radius 1 is 1.18 bits per heavy atom. The van der Waals surface area contributed by atoms with Gasteiger partial charge in [-0.3, -0.25) is 19.3 Å². The average molecular weight is 453 g/mol. The van der Waals surface area contributed by atoms with Crippen molar-refractivity contribution in [2.75, 3.05) is 26.7 Å². The fourth-order valence-corrected chi connectivity index (χ4v) is 4.90. The summed E-state index contributed by atoms with van der Waals surface area (Å²) in [5, 5.41) is 0. The molecule has 0 unspecified atom stereocenters. The van der Waals surface area contributed by atoms with E-state index < -0.39 is 23.0 Å². The van der Waals surface area contributed by atoms with Crippen LogP contribution in [0, 0.1) is 18.7 Å². The molecule has 174 valence electrons. The van der Waals surface area contributed by atoms with E-state index in [1.807, 2.05) is 31.2 Å². The molecule has 2 aliphatic rings. The summed E-state index contributed by atoms with van der Waals surface area (Å²) in [5.41, 5.74) is -0.274. The lowest BCUT2D eigenvalue weighted by Gasteiger charge is -2.35. The van der Waals surface area contributed by atoms with Gasteiger partial charge in [-0.15, -0.1) is 0 Å². The second kappa shape index (κ2) is 9.33. The molecule has 0 aromatic heterocycles. The molecule has 2 saturated heterocycles. The number of likely N-dealkylation sites (tertiary alicyclic amines) is 2. The van der Waals surface area contributed by atoms with Crippen molar-refractivity contribution in [2.45, 2.75) is 38.0 Å². The van der Waals surface area contributed by atoms with E-state index in [1.165, 1.54) is 25.2 Å². The first kappa shape index (κ1) is 23.0. The van der Waals surface area contributed by atoms with Gasteiger partial charge in [-0.05, 0) is 43.5 Å². The molecule has 7 heteroatoms. The Morgan fingerprint density at radius 3 is 2.67 bits per heavy atom. The number of piperidine rings is 1. The van der Waals surface area contributed by atoms with Crippen LogP contribution in [0.15, 0.2) is 48.5 Å². The number of rotatable bonds is 6. The van der Waals surface area contributed by atoms with Crippen LogP contribution in [0.2, 0.25) is 0 Å². The van der Waals surface area contributed by atoms with Crippen LogP contribution < -0.4 is 4.74 Å². The highest BCUT2D eigenvalue weighted by Crippen LogP contribution is 2.41. The number of imide groups is 1. The summed E-state index contributed by atoms with van der Waals surface area (Å²) in [6.07, 6.45) is 1.33. The van der Waals surface area contributed by atoms with Crippen molar-refractivity contribution >= 4 is 17.7 Å². The van der Waals surface area contributed by atoms with Gasteiger partial charge >= 0.3 is 0 Å². The topological polar surface area (TPSA) is 66.9 Å². The minimum absolute atomic E-state index is 0.109. The van der Waals surface area contributed by atoms with Crippen LogP contribution in [0.25, 0.3) is 0 Å². The standard InChI is InChI=1S/C26H29FN2O4/c1-18-7-5-9-20(13-18)33-17-19-8-6-12-29(16-19)24(31)15-26(14-23(30)28(2)25(26)32)21-10-3-4-11-22(21)27/h3-5,7,9-11,13,19H,6,8,12,14-17H2,1-2H3/t19-,26-/m0/s1. The maximum absolute atomic E-state index is 14.7. The van der Waals surface area contributed by atoms with E-state index in [4.69, 9.17) is 4.74 Å². The molecule has 0 bridgehead atoms. The predicted octanol–water partition coefficient (Wildman–Crippen LogP) is 3.47. The van der Waals surface area contributed by atoms with E-state index in [1.54, 1.807) is 11.0 Å². The Balaban J connectivity index is 1.48. The first-order valence-corrected chi connectivity index (χ1v) is 11.3. The number of hydrogen-bond donors (Lipinski definition) is 0. The first-order valence-electron chi connectivity index (χ1n) is 11.3. The van der Waals surface area contributed by atoms with Gasteiger partial charge in [0.25, 0.3) is 0 Å². The number of benzene rings is 2. The zero-order chi connectivity index (χ0) is 23.6. The maximum atomic E-state index is 14.7. The zero-order valence-electron chi connectivity index (χ0n) is 19.1. The molecule has 33 heavy (non-hydrogen) atoms. The van der Waals surface area contributed by atoms with Crippen LogP contribution in [0.1, 0.15) is 36.8 Å². The van der Waals surface area contributed by atoms with Gasteiger partial charge in [0, 0.05) is 44.5 Å². The third kappa shape index (κ3) is 4.63. The quantitative estimate of drug-likeness (QED) is 0.630. The van der Waals surface area contributed by atoms with Gasteiger partial charge in [0.15, 0.2) is 0 Å². The predicted molar refractivity (Wildman–Crippen MR) is 121 cm³/mol. The van der Waals surface area contributed by atoms with Crippen molar-refractivity contribution in [3.8, 4) is 5.75 Å². The van der Waals surface area contributed by atoms with Crippen LogP contribution in [-0.4, -0.2) is 54.3 Å². The number of likely N-dealkylation sites (N-methyl/N-ethyl adjacent to an activating group) is 1. The van der Waals surface area contributed by atoms with Gasteiger partial charge < -0.3 is 9.64 Å². The number of ether oxygens (including phenoxy) is 1. The third-order valence-corrected chi connectivity index (χ3v) is 6.73. The number of carbonyl (C=O) groups is 3. The van der Waals surface area contributed by atoms with Crippen molar-refractivity contribution in [3.05, 3.63) is 65.5 Å². The molecule has 0 N–H and O–H groups in total. The Bertz CT molecular complexity index is 1070. The van der Waals surface area contributed by atoms with Crippen LogP contribution in [0.4, 0.5) is 4.39 Å². The zero-order valence-corrected chi connectivity index (χ0v) is 19.1. The van der Waals surface area contributed by atoms with Crippen LogP contribution >= 0.6 is 0 Å². The van der Waals surface area contributed by atoms with Gasteiger partial charge in [-0.2, -0.15) is 0 Å². The molecular formula is C26H29FN2O4. The summed E-state index contributed by atoms with van der Waals surface area (Å²) in [6, 6.07) is 13.8. The number of aryl methyl sites for hydroxylation is 1. The lowest BCUT2D eigenvalue weighted by atomic mass is 9.75. The number of halogens is 1. The molecule has 0 spiro atoms. The number of nitrogens with zero attached hydrogens (tertiary/aromatic N) is 2. The molecule has 2 fully saturated rings. The largest absolute Gasteiger partial charge is 0.493 e. The molecule has 6 nitrogen and oxygen atoms in total. The van der Waals surface area contributed by atoms with Crippen LogP contribution in [-0.2, 0) is 19.8 Å². The van der Waals surface area contributed by atoms with Crippen molar-refractivity contribution in [3.63, 3.8) is 0 Å². The van der Waals surface area contributed by atoms with Crippen molar-refractivity contribution in [1.82, 2.24) is 9.80 Å². The van der Waals surface area contributed by atoms with Gasteiger partial charge in [-0.1, -0.05) is 30.3 Å². The van der Waals surface area contributed by atoms with E-state index >= 15 is 0 Å². The molecule has 3 amide bonds. The van der Waals surface area contributed by atoms with Crippen molar-refractivity contribution in [2.24, 2.45) is 5.92 Å². The molecule has 0 aliphatic carbocycles. The fourth-order valence-electron chi connectivity index (χ4n) is 4.90. The smallest absolute Gasteiger partial charge is 0.240 e. The number of amides is 3. The Labute approximate surface area is 193 Å². The van der Waals surface area contributed by atoms with Crippen LogP contribution in [0.5, 0.6) is 5.75 Å². The summed E-state index contributed by atoms with van der Waals surface area (Å²) in [7, 11) is 1.39. The second-order valence-electron chi connectivity index (χ2n) is 9.15. The minimum atomic E-state index is -1.50. The molecule has 2 aliphatic heterocycles. The summed E-state index contributed by atoms with van der Waals surface area (Å²) < 4.78 is 20.7. The average Bonchev–Trinajstić information content (AvgIpc) is 3.02. The van der Waals surface area contributed by atoms with E-state index in [2.05, 4.69) is 0 Å². The molecule has 0 radical (unpaired) electrons. The highest BCUT2D eigenvalue weighted by Gasteiger charge is 2.54. The van der Waals surface area contributed by atoms with E-state index in [9.17, 15) is 18.8 Å². The van der Waals surface area contributed by atoms with Gasteiger partial charge in [-0.25, -0.2) is 4.39 Å². The van der Waals surface area contributed by atoms with Gasteiger partial charge in [0.05, 0.1) is 12.0 Å². The Morgan fingerprint density at radius 2 is 1.97 bits per heavy atom. The van der Waals surface area contributed by atoms with Crippen molar-refractivity contribution < 1.29 is 23.5 Å². The molecule has 2 heterocycles. The van der Waals surface area contributed by atoms with E-state index in [-0.39, 0.29) is 30.2 Å². The number of hydrogen-bond acceptors (Lipinski definition) is 4. The lowest BCUT2D eigenvalue weighted by Crippen LogP contribution is -2.46. The molecule has 2 atom stereocenters. The van der Waals surface area contributed by atoms with Crippen molar-refractivity contribution in [1.29, 1.82) is 0 Å². The van der Waals surface area contributed by atoms with Crippen LogP contribution in [0.3, 0.4) is 0 Å². The number of carbonyl (C=O) groups excluding carboxylic acids is 3.